The van der Waals surface area contributed by atoms with Gasteiger partial charge in [-0.25, -0.2) is 0 Å². The lowest BCUT2D eigenvalue weighted by atomic mass is 10.3. The molecule has 0 bridgehead atoms. The van der Waals surface area contributed by atoms with E-state index < -0.39 is 11.8 Å². The van der Waals surface area contributed by atoms with Crippen molar-refractivity contribution in [1.82, 2.24) is 0 Å². The molecule has 0 saturated carbocycles. The third-order valence-corrected chi connectivity index (χ3v) is 2.89. The number of alkyl halides is 3. The Hall–Kier alpha value is -0.920. The summed E-state index contributed by atoms with van der Waals surface area (Å²) in [4.78, 5) is 0.121. The van der Waals surface area contributed by atoms with Gasteiger partial charge in [0.1, 0.15) is 12.4 Å². The fraction of sp³-hybridized carbons (Fsp3) is 0.538. The van der Waals surface area contributed by atoms with Crippen LogP contribution in [0.25, 0.3) is 0 Å². The SMILES string of the molecule is CCOC(COc1ccc(SC(F)(F)F)cc1)OCC. The fourth-order valence-electron chi connectivity index (χ4n) is 1.42. The number of hydrogen-bond acceptors (Lipinski definition) is 4. The van der Waals surface area contributed by atoms with Crippen LogP contribution in [0.1, 0.15) is 13.8 Å². The van der Waals surface area contributed by atoms with Crippen LogP contribution in [0.4, 0.5) is 13.2 Å². The van der Waals surface area contributed by atoms with Crippen LogP contribution < -0.4 is 4.74 Å². The van der Waals surface area contributed by atoms with Gasteiger partial charge in [0.15, 0.2) is 6.29 Å². The quantitative estimate of drug-likeness (QED) is 0.534. The van der Waals surface area contributed by atoms with Crippen LogP contribution in [0.15, 0.2) is 29.2 Å². The molecule has 0 unspecified atom stereocenters. The normalized spacial score (nSPS) is 11.9. The fourth-order valence-corrected chi connectivity index (χ4v) is 1.96. The molecular formula is C13H17F3O3S. The number of rotatable bonds is 8. The predicted molar refractivity (Wildman–Crippen MR) is 70.9 cm³/mol. The molecular weight excluding hydrogens is 293 g/mol. The van der Waals surface area contributed by atoms with Crippen molar-refractivity contribution in [2.24, 2.45) is 0 Å². The standard InChI is InChI=1S/C13H17F3O3S/c1-3-17-12(18-4-2)9-19-10-5-7-11(8-6-10)20-13(14,15)16/h5-8,12H,3-4,9H2,1-2H3. The van der Waals surface area contributed by atoms with Crippen LogP contribution in [-0.2, 0) is 9.47 Å². The average Bonchev–Trinajstić information content (AvgIpc) is 2.36. The summed E-state index contributed by atoms with van der Waals surface area (Å²) in [6.07, 6.45) is -0.478. The second-order valence-electron chi connectivity index (χ2n) is 3.67. The smallest absolute Gasteiger partial charge is 0.446 e. The van der Waals surface area contributed by atoms with Gasteiger partial charge in [-0.05, 0) is 49.9 Å². The maximum absolute atomic E-state index is 12.2. The van der Waals surface area contributed by atoms with Crippen molar-refractivity contribution in [3.05, 3.63) is 24.3 Å². The summed E-state index contributed by atoms with van der Waals surface area (Å²) in [7, 11) is 0. The van der Waals surface area contributed by atoms with Crippen molar-refractivity contribution < 1.29 is 27.4 Å². The highest BCUT2D eigenvalue weighted by atomic mass is 32.2. The Morgan fingerprint density at radius 1 is 1.05 bits per heavy atom. The Morgan fingerprint density at radius 3 is 2.05 bits per heavy atom. The first kappa shape index (κ1) is 17.1. The second kappa shape index (κ2) is 8.39. The Morgan fingerprint density at radius 2 is 1.60 bits per heavy atom. The first-order valence-corrected chi connectivity index (χ1v) is 6.98. The van der Waals surface area contributed by atoms with Gasteiger partial charge >= 0.3 is 5.51 Å². The van der Waals surface area contributed by atoms with Gasteiger partial charge in [-0.15, -0.1) is 0 Å². The molecule has 0 heterocycles. The molecule has 0 aromatic heterocycles. The van der Waals surface area contributed by atoms with Gasteiger partial charge in [0.25, 0.3) is 0 Å². The third kappa shape index (κ3) is 7.02. The summed E-state index contributed by atoms with van der Waals surface area (Å²) in [5, 5.41) is 0. The first-order valence-electron chi connectivity index (χ1n) is 6.16. The number of benzene rings is 1. The van der Waals surface area contributed by atoms with Crippen LogP contribution in [0.3, 0.4) is 0 Å². The zero-order chi connectivity index (χ0) is 15.0. The van der Waals surface area contributed by atoms with Gasteiger partial charge in [0.2, 0.25) is 0 Å². The largest absolute Gasteiger partial charge is 0.488 e. The van der Waals surface area contributed by atoms with Gasteiger partial charge in [-0.2, -0.15) is 13.2 Å². The Bertz CT molecular complexity index is 375. The molecule has 0 radical (unpaired) electrons. The minimum atomic E-state index is -4.28. The van der Waals surface area contributed by atoms with Gasteiger partial charge < -0.3 is 14.2 Å². The maximum atomic E-state index is 12.2. The van der Waals surface area contributed by atoms with Crippen molar-refractivity contribution in [2.75, 3.05) is 19.8 Å². The predicted octanol–water partition coefficient (Wildman–Crippen LogP) is 4.08. The number of halogens is 3. The summed E-state index contributed by atoms with van der Waals surface area (Å²) in [5.74, 6) is 0.473. The molecule has 0 fully saturated rings. The van der Waals surface area contributed by atoms with Crippen molar-refractivity contribution in [3.63, 3.8) is 0 Å². The highest BCUT2D eigenvalue weighted by Crippen LogP contribution is 2.37. The zero-order valence-electron chi connectivity index (χ0n) is 11.3. The van der Waals surface area contributed by atoms with Crippen molar-refractivity contribution in [1.29, 1.82) is 0 Å². The first-order chi connectivity index (χ1) is 9.44. The highest BCUT2D eigenvalue weighted by Gasteiger charge is 2.29. The maximum Gasteiger partial charge on any atom is 0.446 e. The topological polar surface area (TPSA) is 27.7 Å². The van der Waals surface area contributed by atoms with E-state index in [0.717, 1.165) is 0 Å². The van der Waals surface area contributed by atoms with E-state index in [4.69, 9.17) is 14.2 Å². The molecule has 1 aromatic rings. The van der Waals surface area contributed by atoms with E-state index in [0.29, 0.717) is 19.0 Å². The molecule has 7 heteroatoms. The lowest BCUT2D eigenvalue weighted by Crippen LogP contribution is -2.25. The number of ether oxygens (including phenoxy) is 3. The van der Waals surface area contributed by atoms with Gasteiger partial charge in [0, 0.05) is 18.1 Å². The summed E-state index contributed by atoms with van der Waals surface area (Å²) < 4.78 is 52.5. The van der Waals surface area contributed by atoms with Crippen LogP contribution >= 0.6 is 11.8 Å². The zero-order valence-corrected chi connectivity index (χ0v) is 12.1. The molecule has 0 spiro atoms. The van der Waals surface area contributed by atoms with Crippen LogP contribution in [0.2, 0.25) is 0 Å². The van der Waals surface area contributed by atoms with Crippen LogP contribution in [-0.4, -0.2) is 31.6 Å². The molecule has 0 saturated heterocycles. The summed E-state index contributed by atoms with van der Waals surface area (Å²) in [6, 6.07) is 5.71. The second-order valence-corrected chi connectivity index (χ2v) is 4.81. The summed E-state index contributed by atoms with van der Waals surface area (Å²) in [6.45, 7) is 4.86. The Labute approximate surface area is 120 Å². The van der Waals surface area contributed by atoms with Crippen molar-refractivity contribution in [3.8, 4) is 5.75 Å². The van der Waals surface area contributed by atoms with Gasteiger partial charge in [-0.3, -0.25) is 0 Å². The molecule has 3 nitrogen and oxygen atoms in total. The minimum Gasteiger partial charge on any atom is -0.488 e. The molecule has 0 aliphatic rings. The Balaban J connectivity index is 2.48. The van der Waals surface area contributed by atoms with E-state index in [-0.39, 0.29) is 23.3 Å². The lowest BCUT2D eigenvalue weighted by Gasteiger charge is -2.17. The number of thioether (sulfide) groups is 1. The molecule has 0 N–H and O–H groups in total. The monoisotopic (exact) mass is 310 g/mol. The third-order valence-electron chi connectivity index (χ3n) is 2.15. The highest BCUT2D eigenvalue weighted by molar-refractivity contribution is 8.00. The molecule has 1 rings (SSSR count). The van der Waals surface area contributed by atoms with Gasteiger partial charge in [0.05, 0.1) is 0 Å². The lowest BCUT2D eigenvalue weighted by molar-refractivity contribution is -0.152. The van der Waals surface area contributed by atoms with Crippen molar-refractivity contribution in [2.45, 2.75) is 30.5 Å². The molecule has 1 aromatic carbocycles. The van der Waals surface area contributed by atoms with E-state index >= 15 is 0 Å². The molecule has 0 amide bonds. The average molecular weight is 310 g/mol. The minimum absolute atomic E-state index is 0.121. The molecule has 0 aliphatic heterocycles. The van der Waals surface area contributed by atoms with Crippen LogP contribution in [0.5, 0.6) is 5.75 Å². The van der Waals surface area contributed by atoms with Crippen LogP contribution in [0, 0.1) is 0 Å². The summed E-state index contributed by atoms with van der Waals surface area (Å²) >= 11 is -0.155. The van der Waals surface area contributed by atoms with Crippen molar-refractivity contribution >= 4 is 11.8 Å². The molecule has 20 heavy (non-hydrogen) atoms. The number of hydrogen-bond donors (Lipinski definition) is 0. The summed E-state index contributed by atoms with van der Waals surface area (Å²) in [5.41, 5.74) is -4.28. The molecule has 0 atom stereocenters. The molecule has 114 valence electrons. The van der Waals surface area contributed by atoms with E-state index in [1.165, 1.54) is 24.3 Å². The molecule has 0 aliphatic carbocycles. The van der Waals surface area contributed by atoms with Gasteiger partial charge in [-0.1, -0.05) is 0 Å². The van der Waals surface area contributed by atoms with E-state index in [1.54, 1.807) is 0 Å². The van der Waals surface area contributed by atoms with E-state index in [1.807, 2.05) is 13.8 Å². The van der Waals surface area contributed by atoms with E-state index in [2.05, 4.69) is 0 Å². The van der Waals surface area contributed by atoms with E-state index in [9.17, 15) is 13.2 Å². The Kier molecular flexibility index (Phi) is 7.18.